The maximum atomic E-state index is 11.8. The summed E-state index contributed by atoms with van der Waals surface area (Å²) in [5, 5.41) is 2.86. The van der Waals surface area contributed by atoms with Gasteiger partial charge in [0.25, 0.3) is 5.91 Å². The van der Waals surface area contributed by atoms with E-state index in [4.69, 9.17) is 0 Å². The van der Waals surface area contributed by atoms with Crippen LogP contribution in [0.4, 0.5) is 0 Å². The molecule has 1 N–H and O–H groups in total. The quantitative estimate of drug-likeness (QED) is 0.946. The monoisotopic (exact) mass is 310 g/mol. The zero-order valence-corrected chi connectivity index (χ0v) is 11.6. The van der Waals surface area contributed by atoms with Gasteiger partial charge in [0.15, 0.2) is 0 Å². The third-order valence-corrected chi connectivity index (χ3v) is 3.85. The number of pyridine rings is 1. The number of hydrogen-bond acceptors (Lipinski definition) is 3. The summed E-state index contributed by atoms with van der Waals surface area (Å²) in [6.07, 6.45) is 1.59. The summed E-state index contributed by atoms with van der Waals surface area (Å²) in [6, 6.07) is 7.57. The number of rotatable bonds is 3. The standard InChI is InChI=1S/C12H11BrN2OS/c1-8-2-3-9(6-14-8)12(16)15-7-10-4-5-11(13)17-10/h2-6H,7H2,1H3,(H,15,16). The number of carbonyl (C=O) groups is 1. The van der Waals surface area contributed by atoms with Crippen LogP contribution in [0.5, 0.6) is 0 Å². The molecular formula is C12H11BrN2OS. The number of hydrogen-bond donors (Lipinski definition) is 1. The second kappa shape index (κ2) is 5.42. The van der Waals surface area contributed by atoms with Crippen LogP contribution in [0, 0.1) is 6.92 Å². The van der Waals surface area contributed by atoms with Gasteiger partial charge in [-0.25, -0.2) is 0 Å². The number of nitrogens with one attached hydrogen (secondary N) is 1. The lowest BCUT2D eigenvalue weighted by Crippen LogP contribution is -2.22. The van der Waals surface area contributed by atoms with E-state index in [0.29, 0.717) is 12.1 Å². The largest absolute Gasteiger partial charge is 0.347 e. The third kappa shape index (κ3) is 3.38. The van der Waals surface area contributed by atoms with Gasteiger partial charge in [-0.3, -0.25) is 9.78 Å². The van der Waals surface area contributed by atoms with Gasteiger partial charge < -0.3 is 5.32 Å². The van der Waals surface area contributed by atoms with Gasteiger partial charge in [0.05, 0.1) is 15.9 Å². The van der Waals surface area contributed by atoms with Crippen molar-refractivity contribution in [1.29, 1.82) is 0 Å². The lowest BCUT2D eigenvalue weighted by molar-refractivity contribution is 0.0951. The van der Waals surface area contributed by atoms with E-state index in [1.165, 1.54) is 0 Å². The SMILES string of the molecule is Cc1ccc(C(=O)NCc2ccc(Br)s2)cn1. The number of amides is 1. The van der Waals surface area contributed by atoms with Gasteiger partial charge in [0, 0.05) is 16.8 Å². The highest BCUT2D eigenvalue weighted by Crippen LogP contribution is 2.21. The van der Waals surface area contributed by atoms with E-state index in [9.17, 15) is 4.79 Å². The molecule has 1 amide bonds. The highest BCUT2D eigenvalue weighted by molar-refractivity contribution is 9.11. The molecule has 0 bridgehead atoms. The summed E-state index contributed by atoms with van der Waals surface area (Å²) in [4.78, 5) is 17.0. The Balaban J connectivity index is 1.95. The van der Waals surface area contributed by atoms with Crippen molar-refractivity contribution in [3.05, 3.63) is 50.4 Å². The number of aromatic nitrogens is 1. The van der Waals surface area contributed by atoms with Crippen LogP contribution in [0.15, 0.2) is 34.2 Å². The van der Waals surface area contributed by atoms with Gasteiger partial charge in [-0.15, -0.1) is 11.3 Å². The maximum Gasteiger partial charge on any atom is 0.253 e. The van der Waals surface area contributed by atoms with Gasteiger partial charge in [-0.2, -0.15) is 0 Å². The Kier molecular flexibility index (Phi) is 3.91. The van der Waals surface area contributed by atoms with Crippen molar-refractivity contribution >= 4 is 33.2 Å². The molecule has 2 aromatic heterocycles. The molecule has 0 aliphatic rings. The predicted octanol–water partition coefficient (Wildman–Crippen LogP) is 3.14. The fourth-order valence-electron chi connectivity index (χ4n) is 1.32. The normalized spacial score (nSPS) is 10.2. The summed E-state index contributed by atoms with van der Waals surface area (Å²) in [5.74, 6) is -0.0953. The first kappa shape index (κ1) is 12.3. The molecule has 2 heterocycles. The predicted molar refractivity (Wildman–Crippen MR) is 72.2 cm³/mol. The Morgan fingerprint density at radius 1 is 1.41 bits per heavy atom. The van der Waals surface area contributed by atoms with E-state index in [0.717, 1.165) is 14.4 Å². The Morgan fingerprint density at radius 2 is 2.24 bits per heavy atom. The molecule has 0 aliphatic heterocycles. The number of aryl methyl sites for hydroxylation is 1. The van der Waals surface area contributed by atoms with Crippen LogP contribution in [0.3, 0.4) is 0 Å². The van der Waals surface area contributed by atoms with Gasteiger partial charge >= 0.3 is 0 Å². The zero-order valence-electron chi connectivity index (χ0n) is 9.24. The first-order valence-electron chi connectivity index (χ1n) is 5.10. The summed E-state index contributed by atoms with van der Waals surface area (Å²) in [7, 11) is 0. The van der Waals surface area contributed by atoms with E-state index < -0.39 is 0 Å². The summed E-state index contributed by atoms with van der Waals surface area (Å²) in [5.41, 5.74) is 1.50. The number of thiophene rings is 1. The highest BCUT2D eigenvalue weighted by Gasteiger charge is 2.06. The molecule has 2 rings (SSSR count). The molecule has 0 aliphatic carbocycles. The number of carbonyl (C=O) groups excluding carboxylic acids is 1. The first-order chi connectivity index (χ1) is 8.15. The zero-order chi connectivity index (χ0) is 12.3. The third-order valence-electron chi connectivity index (χ3n) is 2.23. The van der Waals surface area contributed by atoms with Gasteiger partial charge in [0.2, 0.25) is 0 Å². The molecule has 0 aromatic carbocycles. The molecule has 5 heteroatoms. The lowest BCUT2D eigenvalue weighted by atomic mass is 10.2. The van der Waals surface area contributed by atoms with Crippen molar-refractivity contribution < 1.29 is 4.79 Å². The van der Waals surface area contributed by atoms with Crippen LogP contribution in [0.25, 0.3) is 0 Å². The smallest absolute Gasteiger partial charge is 0.253 e. The second-order valence-electron chi connectivity index (χ2n) is 3.58. The van der Waals surface area contributed by atoms with Crippen LogP contribution < -0.4 is 5.32 Å². The Bertz CT molecular complexity index is 522. The van der Waals surface area contributed by atoms with Crippen LogP contribution >= 0.6 is 27.3 Å². The Hall–Kier alpha value is -1.20. The van der Waals surface area contributed by atoms with Gasteiger partial charge in [-0.05, 0) is 47.1 Å². The summed E-state index contributed by atoms with van der Waals surface area (Å²) >= 11 is 5.00. The molecule has 0 atom stereocenters. The number of halogens is 1. The van der Waals surface area contributed by atoms with Crippen molar-refractivity contribution in [2.45, 2.75) is 13.5 Å². The summed E-state index contributed by atoms with van der Waals surface area (Å²) in [6.45, 7) is 2.44. The van der Waals surface area contributed by atoms with Crippen molar-refractivity contribution in [3.8, 4) is 0 Å². The molecule has 0 spiro atoms. The van der Waals surface area contributed by atoms with E-state index in [1.54, 1.807) is 23.6 Å². The topological polar surface area (TPSA) is 42.0 Å². The first-order valence-corrected chi connectivity index (χ1v) is 6.71. The highest BCUT2D eigenvalue weighted by atomic mass is 79.9. The second-order valence-corrected chi connectivity index (χ2v) is 6.12. The molecule has 0 fully saturated rings. The fraction of sp³-hybridized carbons (Fsp3) is 0.167. The molecule has 0 saturated heterocycles. The van der Waals surface area contributed by atoms with Crippen molar-refractivity contribution in [2.75, 3.05) is 0 Å². The fourth-order valence-corrected chi connectivity index (χ4v) is 2.74. The van der Waals surface area contributed by atoms with Crippen LogP contribution in [0.1, 0.15) is 20.9 Å². The van der Waals surface area contributed by atoms with E-state index in [1.807, 2.05) is 25.1 Å². The minimum absolute atomic E-state index is 0.0953. The Morgan fingerprint density at radius 3 is 2.82 bits per heavy atom. The van der Waals surface area contributed by atoms with Crippen molar-refractivity contribution in [2.24, 2.45) is 0 Å². The molecule has 3 nitrogen and oxygen atoms in total. The molecule has 0 unspecified atom stereocenters. The summed E-state index contributed by atoms with van der Waals surface area (Å²) < 4.78 is 1.07. The van der Waals surface area contributed by atoms with Crippen LogP contribution in [0.2, 0.25) is 0 Å². The van der Waals surface area contributed by atoms with Crippen LogP contribution in [-0.4, -0.2) is 10.9 Å². The van der Waals surface area contributed by atoms with Crippen molar-refractivity contribution in [3.63, 3.8) is 0 Å². The van der Waals surface area contributed by atoms with E-state index in [-0.39, 0.29) is 5.91 Å². The minimum atomic E-state index is -0.0953. The molecule has 2 aromatic rings. The lowest BCUT2D eigenvalue weighted by Gasteiger charge is -2.03. The molecule has 17 heavy (non-hydrogen) atoms. The van der Waals surface area contributed by atoms with E-state index in [2.05, 4.69) is 26.2 Å². The number of nitrogens with zero attached hydrogens (tertiary/aromatic N) is 1. The molecule has 0 radical (unpaired) electrons. The molecule has 88 valence electrons. The van der Waals surface area contributed by atoms with Crippen molar-refractivity contribution in [1.82, 2.24) is 10.3 Å². The van der Waals surface area contributed by atoms with Crippen LogP contribution in [-0.2, 0) is 6.54 Å². The van der Waals surface area contributed by atoms with Gasteiger partial charge in [-0.1, -0.05) is 0 Å². The maximum absolute atomic E-state index is 11.8. The molecule has 0 saturated carbocycles. The Labute approximate surface area is 112 Å². The minimum Gasteiger partial charge on any atom is -0.347 e. The molecular weight excluding hydrogens is 300 g/mol. The van der Waals surface area contributed by atoms with E-state index >= 15 is 0 Å². The average Bonchev–Trinajstić information content (AvgIpc) is 2.73. The van der Waals surface area contributed by atoms with Gasteiger partial charge in [0.1, 0.15) is 0 Å². The average molecular weight is 311 g/mol.